The molecule has 0 aliphatic carbocycles. The number of carbonyl (C=O) groups excluding carboxylic acids is 6. The van der Waals surface area contributed by atoms with Crippen molar-refractivity contribution < 1.29 is 56.7 Å². The fourth-order valence-corrected chi connectivity index (χ4v) is 2.93. The molecule has 12 nitrogen and oxygen atoms in total. The summed E-state index contributed by atoms with van der Waals surface area (Å²) >= 11 is 0. The first kappa shape index (κ1) is 40.9. The summed E-state index contributed by atoms with van der Waals surface area (Å²) in [6.07, 6.45) is -0.772. The van der Waals surface area contributed by atoms with E-state index in [1.54, 1.807) is 13.8 Å². The Morgan fingerprint density at radius 3 is 1.11 bits per heavy atom. The molecular weight excluding hydrogens is 525 g/mol. The van der Waals surface area contributed by atoms with Gasteiger partial charge < -0.3 is 27.9 Å². The maximum absolute atomic E-state index is 12.1. The summed E-state index contributed by atoms with van der Waals surface area (Å²) in [7, 11) is 11.1. The minimum Gasteiger partial charge on any atom is -0.456 e. The summed E-state index contributed by atoms with van der Waals surface area (Å²) in [6.45, 7) is 3.84. The van der Waals surface area contributed by atoms with Gasteiger partial charge in [-0.1, -0.05) is 13.8 Å². The molecule has 0 bridgehead atoms. The molecule has 0 saturated heterocycles. The number of rotatable bonds is 14. The van der Waals surface area contributed by atoms with Gasteiger partial charge in [-0.2, -0.15) is 0 Å². The SMILES string of the molecule is CCC(=O)O[C@H](CC(=O)OC(=O)/C=C/C(=O)OC(=O)C[C@H](C[N+](C)(C)C)OC(=O)CC)C[N+](C)(C)C.[MgH2].[MgH2]. The van der Waals surface area contributed by atoms with E-state index in [2.05, 4.69) is 9.47 Å². The van der Waals surface area contributed by atoms with Gasteiger partial charge in [0.05, 0.1) is 55.1 Å². The lowest BCUT2D eigenvalue weighted by Crippen LogP contribution is -2.44. The molecule has 212 valence electrons. The Kier molecular flexibility index (Phi) is 21.0. The van der Waals surface area contributed by atoms with Gasteiger partial charge in [-0.3, -0.25) is 19.2 Å². The van der Waals surface area contributed by atoms with Crippen LogP contribution >= 0.6 is 0 Å². The van der Waals surface area contributed by atoms with Crippen LogP contribution in [0.25, 0.3) is 0 Å². The van der Waals surface area contributed by atoms with Crippen molar-refractivity contribution in [3.05, 3.63) is 12.2 Å². The summed E-state index contributed by atoms with van der Waals surface area (Å²) in [6, 6.07) is 0. The molecule has 0 aliphatic rings. The molecule has 0 fully saturated rings. The Bertz CT molecular complexity index is 780. The van der Waals surface area contributed by atoms with E-state index in [4.69, 9.17) is 9.47 Å². The van der Waals surface area contributed by atoms with Gasteiger partial charge in [-0.15, -0.1) is 0 Å². The molecule has 0 N–H and O–H groups in total. The highest BCUT2D eigenvalue weighted by molar-refractivity contribution is 5.99. The summed E-state index contributed by atoms with van der Waals surface area (Å²) < 4.78 is 20.5. The summed E-state index contributed by atoms with van der Waals surface area (Å²) in [5.74, 6) is -5.19. The van der Waals surface area contributed by atoms with Crippen molar-refractivity contribution in [1.82, 2.24) is 0 Å². The minimum atomic E-state index is -1.16. The molecule has 38 heavy (non-hydrogen) atoms. The van der Waals surface area contributed by atoms with Crippen LogP contribution < -0.4 is 0 Å². The van der Waals surface area contributed by atoms with E-state index < -0.39 is 48.0 Å². The van der Waals surface area contributed by atoms with Crippen LogP contribution in [-0.4, -0.2) is 158 Å². The van der Waals surface area contributed by atoms with Crippen LogP contribution in [0, 0.1) is 0 Å². The first-order valence-corrected chi connectivity index (χ1v) is 11.6. The second-order valence-corrected chi connectivity index (χ2v) is 10.2. The van der Waals surface area contributed by atoms with Gasteiger partial charge in [0.1, 0.15) is 13.1 Å². The van der Waals surface area contributed by atoms with Gasteiger partial charge in [0.25, 0.3) is 0 Å². The molecule has 0 saturated carbocycles. The lowest BCUT2D eigenvalue weighted by atomic mass is 10.2. The number of hydrogen-bond donors (Lipinski definition) is 0. The number of hydrogen-bond acceptors (Lipinski definition) is 10. The molecule has 0 radical (unpaired) electrons. The fourth-order valence-electron chi connectivity index (χ4n) is 2.93. The zero-order valence-electron chi connectivity index (χ0n) is 22.5. The molecule has 0 aromatic rings. The monoisotopic (exact) mass is 568 g/mol. The van der Waals surface area contributed by atoms with E-state index in [0.717, 1.165) is 0 Å². The third kappa shape index (κ3) is 22.4. The Balaban J connectivity index is -0.00000612. The largest absolute Gasteiger partial charge is 0.456 e. The Morgan fingerprint density at radius 2 is 0.868 bits per heavy atom. The van der Waals surface area contributed by atoms with E-state index in [1.807, 2.05) is 42.3 Å². The van der Waals surface area contributed by atoms with Crippen molar-refractivity contribution in [3.8, 4) is 0 Å². The van der Waals surface area contributed by atoms with Crippen molar-refractivity contribution in [1.29, 1.82) is 0 Å². The number of ether oxygens (including phenoxy) is 4. The topological polar surface area (TPSA) is 139 Å². The molecule has 0 aliphatic heterocycles. The van der Waals surface area contributed by atoms with E-state index in [1.165, 1.54) is 0 Å². The maximum atomic E-state index is 12.1. The first-order valence-electron chi connectivity index (χ1n) is 11.6. The second-order valence-electron chi connectivity index (χ2n) is 10.2. The molecule has 2 atom stereocenters. The van der Waals surface area contributed by atoms with Crippen LogP contribution in [0.4, 0.5) is 0 Å². The lowest BCUT2D eigenvalue weighted by molar-refractivity contribution is -0.873. The molecule has 0 heterocycles. The van der Waals surface area contributed by atoms with Gasteiger partial charge in [0.2, 0.25) is 0 Å². The van der Waals surface area contributed by atoms with Crippen molar-refractivity contribution in [2.24, 2.45) is 0 Å². The molecule has 0 aromatic carbocycles. The van der Waals surface area contributed by atoms with E-state index in [9.17, 15) is 28.8 Å². The van der Waals surface area contributed by atoms with E-state index >= 15 is 0 Å². The number of likely N-dealkylation sites (N-methyl/N-ethyl adjacent to an activating group) is 2. The molecule has 14 heteroatoms. The second kappa shape index (κ2) is 19.5. The van der Waals surface area contributed by atoms with Gasteiger partial charge in [0, 0.05) is 25.0 Å². The zero-order chi connectivity index (χ0) is 28.1. The normalized spacial score (nSPS) is 12.7. The highest BCUT2D eigenvalue weighted by Gasteiger charge is 2.27. The van der Waals surface area contributed by atoms with Gasteiger partial charge in [-0.05, 0) is 0 Å². The number of carbonyl (C=O) groups is 6. The van der Waals surface area contributed by atoms with Crippen LogP contribution in [-0.2, 0) is 47.7 Å². The summed E-state index contributed by atoms with van der Waals surface area (Å²) in [5, 5.41) is 0. The zero-order valence-corrected chi connectivity index (χ0v) is 22.5. The van der Waals surface area contributed by atoms with Crippen molar-refractivity contribution >= 4 is 81.9 Å². The van der Waals surface area contributed by atoms with Crippen LogP contribution in [0.15, 0.2) is 12.2 Å². The van der Waals surface area contributed by atoms with E-state index in [-0.39, 0.29) is 71.8 Å². The molecule has 0 spiro atoms. The third-order valence-corrected chi connectivity index (χ3v) is 4.25. The number of esters is 6. The molecular formula is C24H44Mg2N2O10+2. The Labute approximate surface area is 256 Å². The minimum absolute atomic E-state index is 0. The third-order valence-electron chi connectivity index (χ3n) is 4.25. The fraction of sp³-hybridized carbons (Fsp3) is 0.667. The maximum Gasteiger partial charge on any atom is 0.338 e. The Hall–Kier alpha value is -1.59. The van der Waals surface area contributed by atoms with Crippen molar-refractivity contribution in [2.45, 2.75) is 51.7 Å². The molecule has 0 aromatic heterocycles. The highest BCUT2D eigenvalue weighted by atomic mass is 24.3. The van der Waals surface area contributed by atoms with Crippen LogP contribution in [0.3, 0.4) is 0 Å². The lowest BCUT2D eigenvalue weighted by Gasteiger charge is -2.28. The van der Waals surface area contributed by atoms with Crippen LogP contribution in [0.5, 0.6) is 0 Å². The summed E-state index contributed by atoms with van der Waals surface area (Å²) in [5.41, 5.74) is 0. The van der Waals surface area contributed by atoms with Crippen LogP contribution in [0.2, 0.25) is 0 Å². The molecule has 0 rings (SSSR count). The predicted molar refractivity (Wildman–Crippen MR) is 144 cm³/mol. The highest BCUT2D eigenvalue weighted by Crippen LogP contribution is 2.09. The van der Waals surface area contributed by atoms with E-state index in [0.29, 0.717) is 34.2 Å². The molecule has 0 amide bonds. The Morgan fingerprint density at radius 1 is 0.579 bits per heavy atom. The summed E-state index contributed by atoms with van der Waals surface area (Å²) in [4.78, 5) is 71.2. The number of nitrogens with zero attached hydrogens (tertiary/aromatic N) is 2. The average Bonchev–Trinajstić information content (AvgIpc) is 2.69. The van der Waals surface area contributed by atoms with Crippen molar-refractivity contribution in [3.63, 3.8) is 0 Å². The van der Waals surface area contributed by atoms with Gasteiger partial charge in [-0.25, -0.2) is 9.59 Å². The quantitative estimate of drug-likeness (QED) is 0.0619. The standard InChI is InChI=1S/C24H40N2O10.2Mg.4H/c1-9-19(27)33-17(15-25(3,4)5)13-23(31)35-21(29)11-12-22(30)36-24(32)14-18(16-26(6,7)8)34-20(28)10-2;;;;;;/h11-12,17-18H,9-10,13-16H2,1-8H3;;;;;;/q+2;;;;;;/b12-11+;;;;;;/t17-,18-;;;;;;/m1....../s1. The average molecular weight is 569 g/mol. The smallest absolute Gasteiger partial charge is 0.338 e. The van der Waals surface area contributed by atoms with Gasteiger partial charge in [0.15, 0.2) is 12.2 Å². The number of quaternary nitrogens is 2. The van der Waals surface area contributed by atoms with Crippen LogP contribution in [0.1, 0.15) is 39.5 Å². The van der Waals surface area contributed by atoms with Crippen molar-refractivity contribution in [2.75, 3.05) is 55.4 Å². The first-order chi connectivity index (χ1) is 16.4. The molecule has 0 unspecified atom stereocenters. The predicted octanol–water partition coefficient (Wildman–Crippen LogP) is -1.31. The van der Waals surface area contributed by atoms with Gasteiger partial charge >= 0.3 is 81.9 Å².